The minimum absolute atomic E-state index is 0.00883. The molecule has 14 heteroatoms. The van der Waals surface area contributed by atoms with Crippen LogP contribution in [0.2, 0.25) is 0 Å². The lowest BCUT2D eigenvalue weighted by Crippen LogP contribution is -1.90. The normalized spacial score (nSPS) is 12.0. The van der Waals surface area contributed by atoms with Crippen molar-refractivity contribution >= 4 is 94.2 Å². The summed E-state index contributed by atoms with van der Waals surface area (Å²) >= 11 is 2.79. The van der Waals surface area contributed by atoms with Gasteiger partial charge in [0.15, 0.2) is 0 Å². The van der Waals surface area contributed by atoms with Gasteiger partial charge in [0.2, 0.25) is 10.3 Å². The maximum Gasteiger partial charge on any atom is 0.271 e. The highest BCUT2D eigenvalue weighted by atomic mass is 32.1. The number of nitro benzene ring substituents is 1. The van der Waals surface area contributed by atoms with E-state index in [4.69, 9.17) is 4.74 Å². The third kappa shape index (κ3) is 8.01. The predicted molar refractivity (Wildman–Crippen MR) is 199 cm³/mol. The van der Waals surface area contributed by atoms with E-state index in [9.17, 15) is 10.1 Å². The van der Waals surface area contributed by atoms with Crippen LogP contribution in [0.3, 0.4) is 0 Å². The van der Waals surface area contributed by atoms with Gasteiger partial charge in [0.25, 0.3) is 5.69 Å². The Bertz CT molecular complexity index is 2420. The van der Waals surface area contributed by atoms with E-state index >= 15 is 0 Å². The molecular formula is C36H25N9O3S2. The van der Waals surface area contributed by atoms with Crippen LogP contribution in [0.15, 0.2) is 140 Å². The fourth-order valence-corrected chi connectivity index (χ4v) is 6.17. The van der Waals surface area contributed by atoms with Gasteiger partial charge in [0, 0.05) is 30.6 Å². The molecule has 12 nitrogen and oxygen atoms in total. The van der Waals surface area contributed by atoms with Crippen LogP contribution < -0.4 is 4.74 Å². The van der Waals surface area contributed by atoms with Crippen molar-refractivity contribution in [3.63, 3.8) is 0 Å². The molecule has 0 bridgehead atoms. The second-order valence-corrected chi connectivity index (χ2v) is 12.6. The number of aromatic nitrogens is 2. The highest BCUT2D eigenvalue weighted by molar-refractivity contribution is 7.22. The van der Waals surface area contributed by atoms with Gasteiger partial charge in [-0.25, -0.2) is 9.97 Å². The predicted octanol–water partition coefficient (Wildman–Crippen LogP) is 11.5. The number of aliphatic imine (C=N–C) groups is 2. The molecule has 0 aliphatic heterocycles. The molecular weight excluding hydrogens is 671 g/mol. The van der Waals surface area contributed by atoms with Gasteiger partial charge in [-0.2, -0.15) is 0 Å². The topological polar surface area (TPSA) is 152 Å². The molecule has 0 unspecified atom stereocenters. The molecule has 2 aromatic heterocycles. The Balaban J connectivity index is 0.914. The number of nitrogens with zero attached hydrogens (tertiary/aromatic N) is 9. The number of non-ortho nitro benzene ring substituents is 1. The van der Waals surface area contributed by atoms with Gasteiger partial charge in [-0.05, 0) is 84.8 Å². The number of fused-ring (bicyclic) bond motifs is 2. The second-order valence-electron chi connectivity index (χ2n) is 10.6. The lowest BCUT2D eigenvalue weighted by atomic mass is 10.1. The molecule has 0 radical (unpaired) electrons. The van der Waals surface area contributed by atoms with Crippen LogP contribution in [0, 0.1) is 10.1 Å². The maximum atomic E-state index is 11.0. The molecule has 0 spiro atoms. The van der Waals surface area contributed by atoms with Crippen LogP contribution in [0.4, 0.5) is 38.7 Å². The summed E-state index contributed by atoms with van der Waals surface area (Å²) in [4.78, 5) is 28.5. The summed E-state index contributed by atoms with van der Waals surface area (Å²) < 4.78 is 7.38. The molecule has 50 heavy (non-hydrogen) atoms. The quantitative estimate of drug-likeness (QED) is 0.0570. The number of ether oxygens (including phenoxy) is 1. The maximum absolute atomic E-state index is 11.0. The van der Waals surface area contributed by atoms with Crippen LogP contribution in [0.5, 0.6) is 5.75 Å². The van der Waals surface area contributed by atoms with Crippen LogP contribution in [-0.4, -0.2) is 33.9 Å². The number of thiazole rings is 2. The highest BCUT2D eigenvalue weighted by Crippen LogP contribution is 2.33. The molecule has 0 aliphatic rings. The van der Waals surface area contributed by atoms with Gasteiger partial charge >= 0.3 is 0 Å². The van der Waals surface area contributed by atoms with Gasteiger partial charge in [0.05, 0.1) is 54.7 Å². The molecule has 0 saturated heterocycles. The van der Waals surface area contributed by atoms with E-state index in [0.29, 0.717) is 33.8 Å². The van der Waals surface area contributed by atoms with Gasteiger partial charge in [-0.3, -0.25) is 20.1 Å². The molecule has 0 fully saturated rings. The minimum atomic E-state index is -0.446. The molecule has 0 saturated carbocycles. The zero-order valence-corrected chi connectivity index (χ0v) is 28.0. The van der Waals surface area contributed by atoms with Gasteiger partial charge in [-0.1, -0.05) is 46.9 Å². The Hall–Kier alpha value is -6.38. The summed E-state index contributed by atoms with van der Waals surface area (Å²) in [5.74, 6) is 0.790. The van der Waals surface area contributed by atoms with Gasteiger partial charge in [-0.15, -0.1) is 20.5 Å². The summed E-state index contributed by atoms with van der Waals surface area (Å²) in [6.07, 6.45) is 3.60. The lowest BCUT2D eigenvalue weighted by Gasteiger charge is -2.00. The SMILES string of the molecule is CCOc1ccc2sc(N=Nc3ccc(N=Cc4ccc(C=Nc5ccc(N=Nc6nc7cc([N+](=O)[O-])ccc7s6)cc5)cc4)cc3)nc2c1. The van der Waals surface area contributed by atoms with E-state index in [-0.39, 0.29) is 5.69 Å². The van der Waals surface area contributed by atoms with E-state index < -0.39 is 4.92 Å². The van der Waals surface area contributed by atoms with E-state index in [1.807, 2.05) is 97.9 Å². The molecule has 244 valence electrons. The van der Waals surface area contributed by atoms with Crippen molar-refractivity contribution in [1.82, 2.24) is 9.97 Å². The molecule has 0 aliphatic carbocycles. The molecule has 0 N–H and O–H groups in total. The first-order valence-corrected chi connectivity index (χ1v) is 16.9. The fraction of sp³-hybridized carbons (Fsp3) is 0.0556. The first-order valence-electron chi connectivity index (χ1n) is 15.3. The van der Waals surface area contributed by atoms with Crippen molar-refractivity contribution in [3.8, 4) is 5.75 Å². The van der Waals surface area contributed by atoms with Crippen LogP contribution >= 0.6 is 22.7 Å². The zero-order chi connectivity index (χ0) is 34.3. The summed E-state index contributed by atoms with van der Waals surface area (Å²) in [6, 6.07) is 33.1. The van der Waals surface area contributed by atoms with E-state index in [2.05, 4.69) is 40.4 Å². The van der Waals surface area contributed by atoms with Crippen molar-refractivity contribution in [1.29, 1.82) is 0 Å². The van der Waals surface area contributed by atoms with Crippen molar-refractivity contribution in [3.05, 3.63) is 130 Å². The Morgan fingerprint density at radius 2 is 1.12 bits per heavy atom. The van der Waals surface area contributed by atoms with Crippen molar-refractivity contribution in [2.24, 2.45) is 30.4 Å². The molecule has 2 heterocycles. The van der Waals surface area contributed by atoms with Crippen LogP contribution in [0.25, 0.3) is 20.4 Å². The number of hydrogen-bond donors (Lipinski definition) is 0. The summed E-state index contributed by atoms with van der Waals surface area (Å²) in [7, 11) is 0. The van der Waals surface area contributed by atoms with E-state index in [1.165, 1.54) is 34.8 Å². The number of azo groups is 2. The lowest BCUT2D eigenvalue weighted by molar-refractivity contribution is -0.384. The standard InChI is InChI=1S/C36H25N9O3S2/c1-2-48-30-16-18-34-32(20-30)40-36(50-34)44-42-28-13-9-26(10-14-28)38-22-24-5-3-23(4-6-24)21-37-25-7-11-27(12-8-25)41-43-35-39-31-19-29(45(46)47)15-17-33(31)49-35/h3-22H,2H2,1H3. The van der Waals surface area contributed by atoms with Crippen LogP contribution in [0.1, 0.15) is 18.1 Å². The van der Waals surface area contributed by atoms with Gasteiger partial charge < -0.3 is 4.74 Å². The average molecular weight is 696 g/mol. The van der Waals surface area contributed by atoms with Crippen molar-refractivity contribution < 1.29 is 9.66 Å². The molecule has 7 rings (SSSR count). The Morgan fingerprint density at radius 3 is 1.62 bits per heavy atom. The third-order valence-corrected chi connectivity index (χ3v) is 8.93. The fourth-order valence-electron chi connectivity index (χ4n) is 4.63. The van der Waals surface area contributed by atoms with E-state index in [0.717, 1.165) is 43.2 Å². The number of rotatable bonds is 11. The number of benzene rings is 5. The number of nitro groups is 1. The molecule has 7 aromatic rings. The van der Waals surface area contributed by atoms with Crippen LogP contribution in [-0.2, 0) is 0 Å². The number of hydrogen-bond acceptors (Lipinski definition) is 13. The third-order valence-electron chi connectivity index (χ3n) is 7.09. The average Bonchev–Trinajstić information content (AvgIpc) is 3.75. The van der Waals surface area contributed by atoms with Gasteiger partial charge in [0.1, 0.15) is 5.75 Å². The van der Waals surface area contributed by atoms with Crippen molar-refractivity contribution in [2.45, 2.75) is 6.92 Å². The summed E-state index contributed by atoms with van der Waals surface area (Å²) in [6.45, 7) is 2.56. The summed E-state index contributed by atoms with van der Waals surface area (Å²) in [5, 5.41) is 29.1. The van der Waals surface area contributed by atoms with E-state index in [1.54, 1.807) is 18.5 Å². The highest BCUT2D eigenvalue weighted by Gasteiger charge is 2.10. The second kappa shape index (κ2) is 14.8. The monoisotopic (exact) mass is 695 g/mol. The first-order chi connectivity index (χ1) is 24.5. The zero-order valence-electron chi connectivity index (χ0n) is 26.3. The molecule has 0 amide bonds. The largest absolute Gasteiger partial charge is 0.494 e. The first kappa shape index (κ1) is 32.2. The molecule has 5 aromatic carbocycles. The molecule has 0 atom stereocenters. The summed E-state index contributed by atoms with van der Waals surface area (Å²) in [5.41, 5.74) is 6.16. The smallest absolute Gasteiger partial charge is 0.271 e. The minimum Gasteiger partial charge on any atom is -0.494 e. The Morgan fingerprint density at radius 1 is 0.640 bits per heavy atom. The van der Waals surface area contributed by atoms with Crippen molar-refractivity contribution in [2.75, 3.05) is 6.61 Å². The Labute approximate surface area is 293 Å². The Kier molecular flexibility index (Phi) is 9.53.